The number of hydroxylamine groups is 1. The number of carbonyl (C=O) groups excluding carboxylic acids is 2. The fourth-order valence-corrected chi connectivity index (χ4v) is 1.25. The lowest BCUT2D eigenvalue weighted by molar-refractivity contribution is -0.124. The van der Waals surface area contributed by atoms with Crippen molar-refractivity contribution < 1.29 is 19.2 Å². The first-order valence-corrected chi connectivity index (χ1v) is 5.90. The number of hydrogen-bond acceptors (Lipinski definition) is 4. The first-order chi connectivity index (χ1) is 8.99. The Balaban J connectivity index is 2.46. The van der Waals surface area contributed by atoms with Crippen molar-refractivity contribution in [1.82, 2.24) is 5.48 Å². The standard InChI is InChI=1S/C13H18N2O4/c1-9(2)18-7-10-3-5-11(6-4-10)13(17)15-19-8-12(14)16/h3-6,9H,7-8H2,1-2H3,(H2,14,16)(H,15,17). The summed E-state index contributed by atoms with van der Waals surface area (Å²) in [6, 6.07) is 6.90. The Morgan fingerprint density at radius 3 is 2.42 bits per heavy atom. The van der Waals surface area contributed by atoms with Crippen LogP contribution in [0, 0.1) is 0 Å². The van der Waals surface area contributed by atoms with Gasteiger partial charge in [-0.2, -0.15) is 0 Å². The number of primary amides is 1. The minimum Gasteiger partial charge on any atom is -0.374 e. The summed E-state index contributed by atoms with van der Waals surface area (Å²) >= 11 is 0. The van der Waals surface area contributed by atoms with Crippen molar-refractivity contribution in [3.63, 3.8) is 0 Å². The van der Waals surface area contributed by atoms with Gasteiger partial charge in [0.15, 0.2) is 6.61 Å². The SMILES string of the molecule is CC(C)OCc1ccc(C(=O)NOCC(N)=O)cc1. The van der Waals surface area contributed by atoms with Crippen molar-refractivity contribution in [2.75, 3.05) is 6.61 Å². The predicted molar refractivity (Wildman–Crippen MR) is 69.0 cm³/mol. The lowest BCUT2D eigenvalue weighted by atomic mass is 10.1. The average Bonchev–Trinajstić information content (AvgIpc) is 2.36. The summed E-state index contributed by atoms with van der Waals surface area (Å²) in [5.74, 6) is -1.08. The third-order valence-electron chi connectivity index (χ3n) is 2.18. The van der Waals surface area contributed by atoms with Gasteiger partial charge in [0, 0.05) is 5.56 Å². The fraction of sp³-hybridized carbons (Fsp3) is 0.385. The third kappa shape index (κ3) is 5.98. The van der Waals surface area contributed by atoms with Crippen LogP contribution < -0.4 is 11.2 Å². The second kappa shape index (κ2) is 7.50. The van der Waals surface area contributed by atoms with Gasteiger partial charge in [0.05, 0.1) is 12.7 Å². The quantitative estimate of drug-likeness (QED) is 0.713. The van der Waals surface area contributed by atoms with Gasteiger partial charge in [0.1, 0.15) is 0 Å². The van der Waals surface area contributed by atoms with E-state index < -0.39 is 11.8 Å². The lowest BCUT2D eigenvalue weighted by Gasteiger charge is -2.08. The van der Waals surface area contributed by atoms with E-state index in [0.29, 0.717) is 12.2 Å². The molecule has 6 heteroatoms. The molecule has 1 aromatic rings. The first-order valence-electron chi connectivity index (χ1n) is 5.90. The van der Waals surface area contributed by atoms with E-state index in [1.54, 1.807) is 24.3 Å². The van der Waals surface area contributed by atoms with Crippen LogP contribution in [0.1, 0.15) is 29.8 Å². The Morgan fingerprint density at radius 1 is 1.26 bits per heavy atom. The van der Waals surface area contributed by atoms with Crippen molar-refractivity contribution >= 4 is 11.8 Å². The van der Waals surface area contributed by atoms with Crippen molar-refractivity contribution in [2.45, 2.75) is 26.6 Å². The minimum atomic E-state index is -0.651. The van der Waals surface area contributed by atoms with Crippen LogP contribution in [0.15, 0.2) is 24.3 Å². The van der Waals surface area contributed by atoms with E-state index in [4.69, 9.17) is 10.5 Å². The van der Waals surface area contributed by atoms with Crippen molar-refractivity contribution in [1.29, 1.82) is 0 Å². The molecule has 0 bridgehead atoms. The van der Waals surface area contributed by atoms with Gasteiger partial charge in [-0.1, -0.05) is 12.1 Å². The number of nitrogens with two attached hydrogens (primary N) is 1. The largest absolute Gasteiger partial charge is 0.374 e. The third-order valence-corrected chi connectivity index (χ3v) is 2.18. The van der Waals surface area contributed by atoms with Gasteiger partial charge in [0.25, 0.3) is 5.91 Å². The minimum absolute atomic E-state index is 0.158. The van der Waals surface area contributed by atoms with E-state index in [-0.39, 0.29) is 12.7 Å². The predicted octanol–water partition coefficient (Wildman–Crippen LogP) is 0.758. The summed E-state index contributed by atoms with van der Waals surface area (Å²) in [6.45, 7) is 4.06. The molecule has 0 saturated heterocycles. The lowest BCUT2D eigenvalue weighted by Crippen LogP contribution is -2.29. The molecule has 0 unspecified atom stereocenters. The van der Waals surface area contributed by atoms with Gasteiger partial charge in [-0.15, -0.1) is 0 Å². The van der Waals surface area contributed by atoms with E-state index in [1.165, 1.54) is 0 Å². The summed E-state index contributed by atoms with van der Waals surface area (Å²) in [7, 11) is 0. The molecule has 0 radical (unpaired) electrons. The number of carbonyl (C=O) groups is 2. The zero-order valence-corrected chi connectivity index (χ0v) is 11.0. The van der Waals surface area contributed by atoms with Crippen LogP contribution in [0.25, 0.3) is 0 Å². The number of amides is 2. The maximum Gasteiger partial charge on any atom is 0.274 e. The molecule has 19 heavy (non-hydrogen) atoms. The molecule has 0 atom stereocenters. The van der Waals surface area contributed by atoms with Gasteiger partial charge < -0.3 is 10.5 Å². The molecule has 0 heterocycles. The zero-order chi connectivity index (χ0) is 14.3. The summed E-state index contributed by atoms with van der Waals surface area (Å²) < 4.78 is 5.44. The molecule has 0 fully saturated rings. The monoisotopic (exact) mass is 266 g/mol. The Labute approximate surface area is 111 Å². The molecular weight excluding hydrogens is 248 g/mol. The van der Waals surface area contributed by atoms with Crippen LogP contribution >= 0.6 is 0 Å². The summed E-state index contributed by atoms with van der Waals surface area (Å²) in [4.78, 5) is 26.6. The molecule has 104 valence electrons. The molecule has 6 nitrogen and oxygen atoms in total. The molecule has 0 aliphatic heterocycles. The number of benzene rings is 1. The maximum atomic E-state index is 11.6. The van der Waals surface area contributed by atoms with Gasteiger partial charge >= 0.3 is 0 Å². The van der Waals surface area contributed by atoms with Gasteiger partial charge in [-0.05, 0) is 31.5 Å². The van der Waals surface area contributed by atoms with Crippen LogP contribution in [0.5, 0.6) is 0 Å². The van der Waals surface area contributed by atoms with Gasteiger partial charge in [0.2, 0.25) is 5.91 Å². The Kier molecular flexibility index (Phi) is 5.98. The number of ether oxygens (including phenoxy) is 1. The first kappa shape index (κ1) is 15.1. The molecule has 0 aromatic heterocycles. The summed E-state index contributed by atoms with van der Waals surface area (Å²) in [5.41, 5.74) is 8.40. The molecule has 0 aliphatic carbocycles. The van der Waals surface area contributed by atoms with Crippen LogP contribution in [0.4, 0.5) is 0 Å². The number of rotatable bonds is 7. The van der Waals surface area contributed by atoms with Crippen LogP contribution in [-0.4, -0.2) is 24.5 Å². The maximum absolute atomic E-state index is 11.6. The molecular formula is C13H18N2O4. The Morgan fingerprint density at radius 2 is 1.89 bits per heavy atom. The van der Waals surface area contributed by atoms with E-state index >= 15 is 0 Å². The normalized spacial score (nSPS) is 10.5. The fourth-order valence-electron chi connectivity index (χ4n) is 1.25. The average molecular weight is 266 g/mol. The summed E-state index contributed by atoms with van der Waals surface area (Å²) in [5, 5.41) is 0. The Hall–Kier alpha value is -1.92. The molecule has 0 spiro atoms. The van der Waals surface area contributed by atoms with E-state index in [0.717, 1.165) is 5.56 Å². The van der Waals surface area contributed by atoms with E-state index in [1.807, 2.05) is 13.8 Å². The van der Waals surface area contributed by atoms with E-state index in [9.17, 15) is 9.59 Å². The second-order valence-corrected chi connectivity index (χ2v) is 4.24. The molecule has 3 N–H and O–H groups in total. The highest BCUT2D eigenvalue weighted by Crippen LogP contribution is 2.07. The molecule has 1 aromatic carbocycles. The topological polar surface area (TPSA) is 90.7 Å². The number of nitrogens with one attached hydrogen (secondary N) is 1. The summed E-state index contributed by atoms with van der Waals surface area (Å²) in [6.07, 6.45) is 0.158. The molecule has 0 saturated carbocycles. The van der Waals surface area contributed by atoms with Crippen LogP contribution in [0.2, 0.25) is 0 Å². The molecule has 1 rings (SSSR count). The van der Waals surface area contributed by atoms with Crippen LogP contribution in [0.3, 0.4) is 0 Å². The molecule has 0 aliphatic rings. The van der Waals surface area contributed by atoms with Crippen molar-refractivity contribution in [3.8, 4) is 0 Å². The molecule has 2 amide bonds. The van der Waals surface area contributed by atoms with Crippen molar-refractivity contribution in [3.05, 3.63) is 35.4 Å². The van der Waals surface area contributed by atoms with Gasteiger partial charge in [-0.25, -0.2) is 5.48 Å². The van der Waals surface area contributed by atoms with E-state index in [2.05, 4.69) is 10.3 Å². The highest BCUT2D eigenvalue weighted by Gasteiger charge is 2.06. The van der Waals surface area contributed by atoms with Gasteiger partial charge in [-0.3, -0.25) is 14.4 Å². The second-order valence-electron chi connectivity index (χ2n) is 4.24. The Bertz CT molecular complexity index is 429. The highest BCUT2D eigenvalue weighted by molar-refractivity contribution is 5.93. The zero-order valence-electron chi connectivity index (χ0n) is 11.0. The smallest absolute Gasteiger partial charge is 0.274 e. The van der Waals surface area contributed by atoms with Crippen molar-refractivity contribution in [2.24, 2.45) is 5.73 Å². The highest BCUT2D eigenvalue weighted by atomic mass is 16.7. The van der Waals surface area contributed by atoms with Crippen LogP contribution in [-0.2, 0) is 21.0 Å². The number of hydrogen-bond donors (Lipinski definition) is 2.